The third-order valence-electron chi connectivity index (χ3n) is 5.07. The van der Waals surface area contributed by atoms with Crippen molar-refractivity contribution in [1.82, 2.24) is 9.97 Å². The second kappa shape index (κ2) is 7.37. The highest BCUT2D eigenvalue weighted by atomic mass is 32.2. The fourth-order valence-electron chi connectivity index (χ4n) is 3.53. The van der Waals surface area contributed by atoms with Crippen LogP contribution in [0.15, 0.2) is 101 Å². The molecule has 5 rings (SSSR count). The van der Waals surface area contributed by atoms with Crippen LogP contribution >= 0.6 is 0 Å². The maximum absolute atomic E-state index is 13.1. The number of fused-ring (bicyclic) bond motifs is 2. The molecule has 2 N–H and O–H groups in total. The number of aromatic amines is 1. The summed E-state index contributed by atoms with van der Waals surface area (Å²) in [7, 11) is -3.86. The van der Waals surface area contributed by atoms with Gasteiger partial charge in [0, 0.05) is 5.56 Å². The van der Waals surface area contributed by atoms with Crippen molar-refractivity contribution < 1.29 is 8.42 Å². The second-order valence-electron chi connectivity index (χ2n) is 7.09. The molecule has 31 heavy (non-hydrogen) atoms. The number of rotatable bonds is 4. The van der Waals surface area contributed by atoms with Crippen LogP contribution in [-0.4, -0.2) is 18.4 Å². The molecule has 6 nitrogen and oxygen atoms in total. The molecule has 0 amide bonds. The Hall–Kier alpha value is -3.97. The van der Waals surface area contributed by atoms with Crippen LogP contribution in [-0.2, 0) is 10.0 Å². The van der Waals surface area contributed by atoms with Gasteiger partial charge in [-0.25, -0.2) is 13.4 Å². The lowest BCUT2D eigenvalue weighted by Gasteiger charge is -2.13. The fourth-order valence-corrected chi connectivity index (χ4v) is 4.65. The molecule has 5 aromatic rings. The summed E-state index contributed by atoms with van der Waals surface area (Å²) in [5.41, 5.74) is 1.06. The van der Waals surface area contributed by atoms with E-state index < -0.39 is 10.0 Å². The number of nitrogens with zero attached hydrogens (tertiary/aromatic N) is 1. The zero-order valence-corrected chi connectivity index (χ0v) is 17.1. The van der Waals surface area contributed by atoms with Crippen LogP contribution < -0.4 is 10.3 Å². The molecule has 152 valence electrons. The molecule has 0 radical (unpaired) electrons. The summed E-state index contributed by atoms with van der Waals surface area (Å²) in [6.45, 7) is 0. The molecular weight excluding hydrogens is 410 g/mol. The van der Waals surface area contributed by atoms with Crippen molar-refractivity contribution in [2.75, 3.05) is 4.72 Å². The molecule has 0 aliphatic heterocycles. The Morgan fingerprint density at radius 1 is 0.774 bits per heavy atom. The first kappa shape index (κ1) is 19.0. The molecule has 7 heteroatoms. The van der Waals surface area contributed by atoms with Crippen molar-refractivity contribution in [1.29, 1.82) is 0 Å². The van der Waals surface area contributed by atoms with Crippen molar-refractivity contribution >= 4 is 37.4 Å². The van der Waals surface area contributed by atoms with Gasteiger partial charge in [0.15, 0.2) is 0 Å². The van der Waals surface area contributed by atoms with E-state index in [0.29, 0.717) is 28.0 Å². The van der Waals surface area contributed by atoms with Gasteiger partial charge in [0.1, 0.15) is 5.82 Å². The highest BCUT2D eigenvalue weighted by Gasteiger charge is 2.18. The standard InChI is InChI=1S/C24H17N3O3S/c28-24-20-10-4-5-11-21(20)25-23(26-24)19-9-3-6-12-22(19)27-31(29,30)18-14-13-16-7-1-2-8-17(16)15-18/h1-15,27H,(H,25,26,28). The van der Waals surface area contributed by atoms with E-state index in [-0.39, 0.29) is 10.5 Å². The number of hydrogen-bond acceptors (Lipinski definition) is 4. The topological polar surface area (TPSA) is 91.9 Å². The molecule has 1 heterocycles. The normalized spacial score (nSPS) is 11.6. The lowest BCUT2D eigenvalue weighted by Crippen LogP contribution is -2.15. The Kier molecular flexibility index (Phi) is 4.52. The van der Waals surface area contributed by atoms with Gasteiger partial charge in [-0.15, -0.1) is 0 Å². The number of anilines is 1. The van der Waals surface area contributed by atoms with E-state index in [1.165, 1.54) is 0 Å². The van der Waals surface area contributed by atoms with Gasteiger partial charge in [0.05, 0.1) is 21.5 Å². The number of hydrogen-bond donors (Lipinski definition) is 2. The molecule has 0 aliphatic rings. The highest BCUT2D eigenvalue weighted by molar-refractivity contribution is 7.92. The first-order chi connectivity index (χ1) is 15.0. The SMILES string of the molecule is O=c1[nH]c(-c2ccccc2NS(=O)(=O)c2ccc3ccccc3c2)nc2ccccc12. The Bertz CT molecular complexity index is 1610. The Balaban J connectivity index is 1.58. The summed E-state index contributed by atoms with van der Waals surface area (Å²) < 4.78 is 28.9. The largest absolute Gasteiger partial charge is 0.306 e. The summed E-state index contributed by atoms with van der Waals surface area (Å²) in [4.78, 5) is 19.9. The van der Waals surface area contributed by atoms with Gasteiger partial charge in [0.2, 0.25) is 0 Å². The minimum atomic E-state index is -3.86. The molecule has 0 unspecified atom stereocenters. The Morgan fingerprint density at radius 3 is 2.35 bits per heavy atom. The molecule has 4 aromatic carbocycles. The lowest BCUT2D eigenvalue weighted by atomic mass is 10.1. The van der Waals surface area contributed by atoms with Crippen LogP contribution in [0.3, 0.4) is 0 Å². The molecular formula is C24H17N3O3S. The minimum Gasteiger partial charge on any atom is -0.306 e. The van der Waals surface area contributed by atoms with Crippen molar-refractivity contribution in [2.45, 2.75) is 4.90 Å². The van der Waals surface area contributed by atoms with Crippen LogP contribution in [0, 0.1) is 0 Å². The van der Waals surface area contributed by atoms with E-state index in [4.69, 9.17) is 0 Å². The zero-order chi connectivity index (χ0) is 21.4. The van der Waals surface area contributed by atoms with Gasteiger partial charge in [-0.3, -0.25) is 9.52 Å². The van der Waals surface area contributed by atoms with E-state index in [1.807, 2.05) is 24.3 Å². The number of nitrogens with one attached hydrogen (secondary N) is 2. The molecule has 0 spiro atoms. The molecule has 1 aromatic heterocycles. The Morgan fingerprint density at radius 2 is 1.48 bits per heavy atom. The van der Waals surface area contributed by atoms with E-state index in [2.05, 4.69) is 14.7 Å². The van der Waals surface area contributed by atoms with Gasteiger partial charge in [0.25, 0.3) is 15.6 Å². The van der Waals surface area contributed by atoms with Crippen LogP contribution in [0.5, 0.6) is 0 Å². The number of aromatic nitrogens is 2. The van der Waals surface area contributed by atoms with E-state index in [0.717, 1.165) is 10.8 Å². The van der Waals surface area contributed by atoms with Crippen LogP contribution in [0.2, 0.25) is 0 Å². The van der Waals surface area contributed by atoms with Crippen molar-refractivity contribution in [3.63, 3.8) is 0 Å². The molecule has 0 bridgehead atoms. The fraction of sp³-hybridized carbons (Fsp3) is 0. The molecule has 0 aliphatic carbocycles. The molecule has 0 atom stereocenters. The predicted molar refractivity (Wildman–Crippen MR) is 123 cm³/mol. The molecule has 0 saturated heterocycles. The first-order valence-electron chi connectivity index (χ1n) is 9.61. The van der Waals surface area contributed by atoms with Crippen molar-refractivity contribution in [3.05, 3.63) is 101 Å². The van der Waals surface area contributed by atoms with E-state index >= 15 is 0 Å². The maximum Gasteiger partial charge on any atom is 0.261 e. The van der Waals surface area contributed by atoms with Gasteiger partial charge in [-0.1, -0.05) is 54.6 Å². The van der Waals surface area contributed by atoms with E-state index in [1.54, 1.807) is 66.7 Å². The summed E-state index contributed by atoms with van der Waals surface area (Å²) in [6.07, 6.45) is 0. The van der Waals surface area contributed by atoms with Crippen LogP contribution in [0.25, 0.3) is 33.1 Å². The van der Waals surface area contributed by atoms with Gasteiger partial charge in [-0.05, 0) is 47.2 Å². The summed E-state index contributed by atoms with van der Waals surface area (Å²) >= 11 is 0. The quantitative estimate of drug-likeness (QED) is 0.440. The summed E-state index contributed by atoms with van der Waals surface area (Å²) in [5.74, 6) is 0.292. The second-order valence-corrected chi connectivity index (χ2v) is 8.77. The van der Waals surface area contributed by atoms with Crippen LogP contribution in [0.1, 0.15) is 0 Å². The maximum atomic E-state index is 13.1. The van der Waals surface area contributed by atoms with Crippen molar-refractivity contribution in [2.24, 2.45) is 0 Å². The Labute approximate surface area is 178 Å². The monoisotopic (exact) mass is 427 g/mol. The average Bonchev–Trinajstić information content (AvgIpc) is 2.79. The summed E-state index contributed by atoms with van der Waals surface area (Å²) in [6, 6.07) is 26.4. The molecule has 0 fully saturated rings. The predicted octanol–water partition coefficient (Wildman–Crippen LogP) is 4.54. The third-order valence-corrected chi connectivity index (χ3v) is 6.43. The van der Waals surface area contributed by atoms with E-state index in [9.17, 15) is 13.2 Å². The first-order valence-corrected chi connectivity index (χ1v) is 11.1. The smallest absolute Gasteiger partial charge is 0.261 e. The highest BCUT2D eigenvalue weighted by Crippen LogP contribution is 2.28. The zero-order valence-electron chi connectivity index (χ0n) is 16.2. The third kappa shape index (κ3) is 3.55. The van der Waals surface area contributed by atoms with Crippen molar-refractivity contribution in [3.8, 4) is 11.4 Å². The number of H-pyrrole nitrogens is 1. The summed E-state index contributed by atoms with van der Waals surface area (Å²) in [5, 5.41) is 2.26. The number of para-hydroxylation sites is 2. The molecule has 0 saturated carbocycles. The number of benzene rings is 4. The average molecular weight is 427 g/mol. The lowest BCUT2D eigenvalue weighted by molar-refractivity contribution is 0.601. The number of sulfonamides is 1. The van der Waals surface area contributed by atoms with Gasteiger partial charge in [-0.2, -0.15) is 0 Å². The minimum absolute atomic E-state index is 0.154. The van der Waals surface area contributed by atoms with Gasteiger partial charge >= 0.3 is 0 Å². The van der Waals surface area contributed by atoms with Crippen LogP contribution in [0.4, 0.5) is 5.69 Å². The van der Waals surface area contributed by atoms with Gasteiger partial charge < -0.3 is 4.98 Å².